The molecule has 4 heteroatoms. The topological polar surface area (TPSA) is 47.6 Å². The van der Waals surface area contributed by atoms with Crippen molar-refractivity contribution in [2.24, 2.45) is 0 Å². The lowest BCUT2D eigenvalue weighted by Gasteiger charge is -2.13. The van der Waals surface area contributed by atoms with Crippen LogP contribution in [0.25, 0.3) is 0 Å². The summed E-state index contributed by atoms with van der Waals surface area (Å²) >= 11 is 0. The molecule has 0 aliphatic carbocycles. The van der Waals surface area contributed by atoms with Gasteiger partial charge in [-0.1, -0.05) is 32.6 Å². The van der Waals surface area contributed by atoms with Crippen LogP contribution in [-0.2, 0) is 4.79 Å². The van der Waals surface area contributed by atoms with Gasteiger partial charge in [0.1, 0.15) is 0 Å². The maximum atomic E-state index is 12.0. The van der Waals surface area contributed by atoms with E-state index in [1.165, 1.54) is 19.3 Å². The fourth-order valence-corrected chi connectivity index (χ4v) is 2.22. The number of amides is 1. The monoisotopic (exact) mass is 293 g/mol. The van der Waals surface area contributed by atoms with Crippen molar-refractivity contribution >= 4 is 11.6 Å². The lowest BCUT2D eigenvalue weighted by atomic mass is 10.1. The second kappa shape index (κ2) is 9.27. The van der Waals surface area contributed by atoms with Crippen LogP contribution >= 0.6 is 0 Å². The van der Waals surface area contributed by atoms with Crippen molar-refractivity contribution in [2.75, 3.05) is 19.5 Å². The molecule has 1 aromatic carbocycles. The van der Waals surface area contributed by atoms with Crippen LogP contribution < -0.4 is 14.8 Å². The Morgan fingerprint density at radius 3 is 2.29 bits per heavy atom. The molecule has 4 nitrogen and oxygen atoms in total. The minimum atomic E-state index is 0.0572. The molecule has 0 heterocycles. The highest BCUT2D eigenvalue weighted by atomic mass is 16.5. The number of ether oxygens (including phenoxy) is 2. The molecule has 0 aliphatic rings. The van der Waals surface area contributed by atoms with Gasteiger partial charge in [-0.15, -0.1) is 0 Å². The number of carbonyl (C=O) groups excluding carboxylic acids is 1. The van der Waals surface area contributed by atoms with E-state index in [-0.39, 0.29) is 5.91 Å². The first kappa shape index (κ1) is 17.3. The summed E-state index contributed by atoms with van der Waals surface area (Å²) in [5.41, 5.74) is 1.75. The van der Waals surface area contributed by atoms with Crippen LogP contribution in [0.3, 0.4) is 0 Å². The molecule has 0 bridgehead atoms. The Balaban J connectivity index is 2.55. The maximum absolute atomic E-state index is 12.0. The molecule has 0 unspecified atom stereocenters. The van der Waals surface area contributed by atoms with Gasteiger partial charge in [0, 0.05) is 18.2 Å². The molecule has 0 fully saturated rings. The van der Waals surface area contributed by atoms with Crippen LogP contribution in [-0.4, -0.2) is 20.1 Å². The third-order valence-corrected chi connectivity index (χ3v) is 3.51. The normalized spacial score (nSPS) is 10.3. The number of unbranched alkanes of at least 4 members (excludes halogenated alkanes) is 4. The molecule has 1 N–H and O–H groups in total. The fourth-order valence-electron chi connectivity index (χ4n) is 2.22. The highest BCUT2D eigenvalue weighted by molar-refractivity contribution is 5.91. The number of aryl methyl sites for hydroxylation is 1. The number of benzene rings is 1. The van der Waals surface area contributed by atoms with E-state index in [2.05, 4.69) is 12.2 Å². The third-order valence-electron chi connectivity index (χ3n) is 3.51. The van der Waals surface area contributed by atoms with Crippen LogP contribution in [0.4, 0.5) is 5.69 Å². The van der Waals surface area contributed by atoms with E-state index in [1.807, 2.05) is 19.1 Å². The van der Waals surface area contributed by atoms with Crippen LogP contribution in [0.15, 0.2) is 12.1 Å². The predicted octanol–water partition coefficient (Wildman–Crippen LogP) is 4.31. The van der Waals surface area contributed by atoms with Crippen molar-refractivity contribution in [2.45, 2.75) is 52.4 Å². The largest absolute Gasteiger partial charge is 0.493 e. The van der Waals surface area contributed by atoms with Gasteiger partial charge in [-0.25, -0.2) is 0 Å². The Kier molecular flexibility index (Phi) is 7.65. The first-order valence-corrected chi connectivity index (χ1v) is 7.64. The van der Waals surface area contributed by atoms with E-state index < -0.39 is 0 Å². The second-order valence-electron chi connectivity index (χ2n) is 5.23. The lowest BCUT2D eigenvalue weighted by molar-refractivity contribution is -0.116. The van der Waals surface area contributed by atoms with Gasteiger partial charge in [0.15, 0.2) is 11.5 Å². The summed E-state index contributed by atoms with van der Waals surface area (Å²) < 4.78 is 10.5. The summed E-state index contributed by atoms with van der Waals surface area (Å²) in [6.45, 7) is 4.13. The molecular weight excluding hydrogens is 266 g/mol. The molecule has 1 aromatic rings. The van der Waals surface area contributed by atoms with Gasteiger partial charge in [-0.3, -0.25) is 4.79 Å². The van der Waals surface area contributed by atoms with E-state index in [4.69, 9.17) is 9.47 Å². The van der Waals surface area contributed by atoms with E-state index in [1.54, 1.807) is 14.2 Å². The van der Waals surface area contributed by atoms with Crippen LogP contribution in [0.2, 0.25) is 0 Å². The first-order chi connectivity index (χ1) is 10.1. The van der Waals surface area contributed by atoms with Crippen molar-refractivity contribution in [1.82, 2.24) is 0 Å². The van der Waals surface area contributed by atoms with Crippen molar-refractivity contribution in [1.29, 1.82) is 0 Å². The van der Waals surface area contributed by atoms with Crippen molar-refractivity contribution < 1.29 is 14.3 Å². The fraction of sp³-hybridized carbons (Fsp3) is 0.588. The average Bonchev–Trinajstić information content (AvgIpc) is 2.48. The average molecular weight is 293 g/mol. The number of rotatable bonds is 9. The third kappa shape index (κ3) is 5.66. The Morgan fingerprint density at radius 1 is 1.05 bits per heavy atom. The summed E-state index contributed by atoms with van der Waals surface area (Å²) in [4.78, 5) is 12.0. The van der Waals surface area contributed by atoms with Gasteiger partial charge in [0.05, 0.1) is 14.2 Å². The number of carbonyl (C=O) groups is 1. The van der Waals surface area contributed by atoms with Crippen LogP contribution in [0.5, 0.6) is 11.5 Å². The molecular formula is C17H27NO3. The van der Waals surface area contributed by atoms with Crippen LogP contribution in [0.1, 0.15) is 51.0 Å². The quantitative estimate of drug-likeness (QED) is 0.690. The van der Waals surface area contributed by atoms with E-state index in [0.717, 1.165) is 24.1 Å². The minimum absolute atomic E-state index is 0.0572. The molecule has 0 atom stereocenters. The molecule has 0 aromatic heterocycles. The van der Waals surface area contributed by atoms with Gasteiger partial charge in [-0.05, 0) is 25.0 Å². The molecule has 21 heavy (non-hydrogen) atoms. The highest BCUT2D eigenvalue weighted by Gasteiger charge is 2.10. The molecule has 0 saturated heterocycles. The number of hydrogen-bond donors (Lipinski definition) is 1. The number of methoxy groups -OCH3 is 2. The molecule has 1 amide bonds. The Hall–Kier alpha value is -1.71. The van der Waals surface area contributed by atoms with Gasteiger partial charge < -0.3 is 14.8 Å². The zero-order valence-corrected chi connectivity index (χ0v) is 13.6. The molecule has 0 radical (unpaired) electrons. The number of anilines is 1. The predicted molar refractivity (Wildman–Crippen MR) is 86.3 cm³/mol. The Labute approximate surface area is 127 Å². The second-order valence-corrected chi connectivity index (χ2v) is 5.23. The Morgan fingerprint density at radius 2 is 1.67 bits per heavy atom. The molecule has 1 rings (SSSR count). The number of nitrogens with one attached hydrogen (secondary N) is 1. The summed E-state index contributed by atoms with van der Waals surface area (Å²) in [5.74, 6) is 1.36. The standard InChI is InChI=1S/C17H27NO3/c1-5-6-7-8-9-10-17(19)18-14-12-16(21-4)15(20-3)11-13(14)2/h11-12H,5-10H2,1-4H3,(H,18,19). The van der Waals surface area contributed by atoms with E-state index >= 15 is 0 Å². The van der Waals surface area contributed by atoms with E-state index in [0.29, 0.717) is 17.9 Å². The molecule has 0 spiro atoms. The van der Waals surface area contributed by atoms with Gasteiger partial charge in [0.25, 0.3) is 0 Å². The zero-order valence-electron chi connectivity index (χ0n) is 13.6. The summed E-state index contributed by atoms with van der Waals surface area (Å²) in [7, 11) is 3.19. The van der Waals surface area contributed by atoms with Gasteiger partial charge in [-0.2, -0.15) is 0 Å². The molecule has 0 aliphatic heterocycles. The van der Waals surface area contributed by atoms with Crippen molar-refractivity contribution in [3.05, 3.63) is 17.7 Å². The molecule has 0 saturated carbocycles. The van der Waals surface area contributed by atoms with Crippen molar-refractivity contribution in [3.8, 4) is 11.5 Å². The first-order valence-electron chi connectivity index (χ1n) is 7.64. The molecule has 118 valence electrons. The highest BCUT2D eigenvalue weighted by Crippen LogP contribution is 2.32. The zero-order chi connectivity index (χ0) is 15.7. The number of hydrogen-bond acceptors (Lipinski definition) is 3. The van der Waals surface area contributed by atoms with E-state index in [9.17, 15) is 4.79 Å². The van der Waals surface area contributed by atoms with Crippen molar-refractivity contribution in [3.63, 3.8) is 0 Å². The summed E-state index contributed by atoms with van der Waals surface area (Å²) in [5, 5.41) is 2.95. The minimum Gasteiger partial charge on any atom is -0.493 e. The van der Waals surface area contributed by atoms with Gasteiger partial charge in [0.2, 0.25) is 5.91 Å². The van der Waals surface area contributed by atoms with Crippen LogP contribution in [0, 0.1) is 6.92 Å². The Bertz CT molecular complexity index is 458. The smallest absolute Gasteiger partial charge is 0.224 e. The van der Waals surface area contributed by atoms with Gasteiger partial charge >= 0.3 is 0 Å². The summed E-state index contributed by atoms with van der Waals surface area (Å²) in [6.07, 6.45) is 6.30. The lowest BCUT2D eigenvalue weighted by Crippen LogP contribution is -2.12. The summed E-state index contributed by atoms with van der Waals surface area (Å²) in [6, 6.07) is 3.68. The maximum Gasteiger partial charge on any atom is 0.224 e. The SMILES string of the molecule is CCCCCCCC(=O)Nc1cc(OC)c(OC)cc1C.